The molecule has 1 heterocycles. The fourth-order valence-corrected chi connectivity index (χ4v) is 3.01. The summed E-state index contributed by atoms with van der Waals surface area (Å²) in [5, 5.41) is 17.4. The van der Waals surface area contributed by atoms with Gasteiger partial charge in [0.1, 0.15) is 11.9 Å². The molecule has 1 unspecified atom stereocenters. The third-order valence-corrected chi connectivity index (χ3v) is 3.91. The van der Waals surface area contributed by atoms with E-state index >= 15 is 0 Å². The molecule has 1 fully saturated rings. The predicted molar refractivity (Wildman–Crippen MR) is 64.8 cm³/mol. The summed E-state index contributed by atoms with van der Waals surface area (Å²) < 4.78 is 5.79. The van der Waals surface area contributed by atoms with Crippen LogP contribution in [0.15, 0.2) is 23.5 Å². The second-order valence-electron chi connectivity index (χ2n) is 4.46. The molecular formula is C12H18O3S. The second kappa shape index (κ2) is 4.82. The van der Waals surface area contributed by atoms with Crippen LogP contribution in [0.25, 0.3) is 0 Å². The van der Waals surface area contributed by atoms with Crippen LogP contribution in [-0.4, -0.2) is 27.2 Å². The van der Waals surface area contributed by atoms with E-state index in [1.165, 1.54) is 17.3 Å². The van der Waals surface area contributed by atoms with Crippen LogP contribution in [0.5, 0.6) is 0 Å². The van der Waals surface area contributed by atoms with Crippen molar-refractivity contribution in [1.29, 1.82) is 0 Å². The van der Waals surface area contributed by atoms with E-state index in [0.29, 0.717) is 0 Å². The smallest absolute Gasteiger partial charge is 0.216 e. The highest BCUT2D eigenvalue weighted by atomic mass is 32.2. The highest BCUT2D eigenvalue weighted by Gasteiger charge is 2.34. The summed E-state index contributed by atoms with van der Waals surface area (Å²) in [5.41, 5.74) is 1.32. The summed E-state index contributed by atoms with van der Waals surface area (Å²) in [6.07, 6.45) is 7.30. The van der Waals surface area contributed by atoms with Gasteiger partial charge in [0.2, 0.25) is 5.12 Å². The Labute approximate surface area is 100 Å². The topological polar surface area (TPSA) is 49.7 Å². The molecule has 4 heteroatoms. The van der Waals surface area contributed by atoms with Crippen LogP contribution in [0.1, 0.15) is 32.6 Å². The van der Waals surface area contributed by atoms with Gasteiger partial charge in [-0.05, 0) is 38.3 Å². The molecule has 0 saturated carbocycles. The van der Waals surface area contributed by atoms with Crippen molar-refractivity contribution in [3.8, 4) is 0 Å². The number of hydrogen-bond donors (Lipinski definition) is 2. The molecule has 0 spiro atoms. The van der Waals surface area contributed by atoms with Gasteiger partial charge in [-0.15, -0.1) is 0 Å². The van der Waals surface area contributed by atoms with Crippen LogP contribution in [0, 0.1) is 0 Å². The first-order valence-electron chi connectivity index (χ1n) is 5.68. The van der Waals surface area contributed by atoms with Crippen LogP contribution in [-0.2, 0) is 4.74 Å². The number of allylic oxidation sites excluding steroid dienone is 3. The maximum atomic E-state index is 9.53. The van der Waals surface area contributed by atoms with Crippen LogP contribution < -0.4 is 0 Å². The fourth-order valence-electron chi connectivity index (χ4n) is 2.00. The molecule has 0 aromatic heterocycles. The molecular weight excluding hydrogens is 224 g/mol. The Morgan fingerprint density at radius 3 is 3.00 bits per heavy atom. The molecule has 1 atom stereocenters. The van der Waals surface area contributed by atoms with E-state index in [1.807, 2.05) is 6.08 Å². The van der Waals surface area contributed by atoms with E-state index in [1.54, 1.807) is 0 Å². The van der Waals surface area contributed by atoms with Gasteiger partial charge in [0.15, 0.2) is 0 Å². The average molecular weight is 242 g/mol. The molecule has 2 N–H and O–H groups in total. The minimum atomic E-state index is -1.61. The number of ether oxygens (including phenoxy) is 1. The van der Waals surface area contributed by atoms with Crippen LogP contribution in [0.4, 0.5) is 0 Å². The summed E-state index contributed by atoms with van der Waals surface area (Å²) in [7, 11) is 0. The summed E-state index contributed by atoms with van der Waals surface area (Å²) in [4.78, 5) is 0. The zero-order chi connectivity index (χ0) is 11.6. The van der Waals surface area contributed by atoms with E-state index < -0.39 is 5.12 Å². The van der Waals surface area contributed by atoms with E-state index in [0.717, 1.165) is 30.8 Å². The number of thioether (sulfide) groups is 1. The Morgan fingerprint density at radius 1 is 1.50 bits per heavy atom. The predicted octanol–water partition coefficient (Wildman–Crippen LogP) is 2.16. The van der Waals surface area contributed by atoms with Crippen molar-refractivity contribution in [3.05, 3.63) is 23.5 Å². The zero-order valence-corrected chi connectivity index (χ0v) is 10.3. The van der Waals surface area contributed by atoms with Crippen molar-refractivity contribution in [2.75, 3.05) is 5.75 Å². The lowest BCUT2D eigenvalue weighted by Crippen LogP contribution is -2.35. The van der Waals surface area contributed by atoms with E-state index in [9.17, 15) is 10.2 Å². The normalized spacial score (nSPS) is 29.3. The molecule has 0 aromatic carbocycles. The molecule has 1 saturated heterocycles. The van der Waals surface area contributed by atoms with Crippen molar-refractivity contribution in [3.63, 3.8) is 0 Å². The summed E-state index contributed by atoms with van der Waals surface area (Å²) in [6, 6.07) is 0. The van der Waals surface area contributed by atoms with Crippen molar-refractivity contribution in [2.24, 2.45) is 0 Å². The van der Waals surface area contributed by atoms with Gasteiger partial charge in [0.05, 0.1) is 0 Å². The number of hydrogen-bond acceptors (Lipinski definition) is 4. The highest BCUT2D eigenvalue weighted by molar-refractivity contribution is 8.00. The third-order valence-electron chi connectivity index (χ3n) is 2.84. The van der Waals surface area contributed by atoms with Crippen LogP contribution in [0.3, 0.4) is 0 Å². The van der Waals surface area contributed by atoms with Gasteiger partial charge in [-0.25, -0.2) is 0 Å². The Hall–Kier alpha value is -0.450. The molecule has 1 aliphatic heterocycles. The Kier molecular flexibility index (Phi) is 3.62. The molecule has 0 radical (unpaired) electrons. The van der Waals surface area contributed by atoms with Gasteiger partial charge in [-0.2, -0.15) is 0 Å². The van der Waals surface area contributed by atoms with Crippen LogP contribution in [0.2, 0.25) is 0 Å². The van der Waals surface area contributed by atoms with E-state index in [2.05, 4.69) is 13.0 Å². The van der Waals surface area contributed by atoms with Crippen molar-refractivity contribution < 1.29 is 14.9 Å². The monoisotopic (exact) mass is 242 g/mol. The average Bonchev–Trinajstić information content (AvgIpc) is 2.15. The standard InChI is InChI=1S/C12H18O3S/c1-9-3-2-4-10(7-9)15-11-5-6-16-12(13,14)8-11/h4,7,11,13-14H,2-3,5-6,8H2,1H3. The molecule has 3 nitrogen and oxygen atoms in total. The highest BCUT2D eigenvalue weighted by Crippen LogP contribution is 2.34. The molecule has 0 amide bonds. The molecule has 0 bridgehead atoms. The summed E-state index contributed by atoms with van der Waals surface area (Å²) in [6.45, 7) is 2.09. The van der Waals surface area contributed by atoms with Gasteiger partial charge in [-0.1, -0.05) is 17.3 Å². The maximum Gasteiger partial charge on any atom is 0.216 e. The third kappa shape index (κ3) is 3.27. The molecule has 2 rings (SSSR count). The number of rotatable bonds is 2. The summed E-state index contributed by atoms with van der Waals surface area (Å²) >= 11 is 1.18. The van der Waals surface area contributed by atoms with Gasteiger partial charge in [-0.3, -0.25) is 0 Å². The molecule has 1 aliphatic carbocycles. The SMILES string of the molecule is CC1=CC(OC2CCSC(O)(O)C2)=CCC1. The maximum absolute atomic E-state index is 9.53. The molecule has 0 aromatic rings. The van der Waals surface area contributed by atoms with Gasteiger partial charge >= 0.3 is 0 Å². The first-order valence-corrected chi connectivity index (χ1v) is 6.66. The second-order valence-corrected chi connectivity index (χ2v) is 5.81. The van der Waals surface area contributed by atoms with E-state index in [-0.39, 0.29) is 12.5 Å². The lowest BCUT2D eigenvalue weighted by atomic mass is 10.1. The first kappa shape index (κ1) is 12.0. The minimum absolute atomic E-state index is 0.0790. The molecule has 2 aliphatic rings. The van der Waals surface area contributed by atoms with Crippen molar-refractivity contribution >= 4 is 11.8 Å². The zero-order valence-electron chi connectivity index (χ0n) is 9.48. The fraction of sp³-hybridized carbons (Fsp3) is 0.667. The Morgan fingerprint density at radius 2 is 2.31 bits per heavy atom. The minimum Gasteiger partial charge on any atom is -0.490 e. The van der Waals surface area contributed by atoms with Crippen molar-refractivity contribution in [2.45, 2.75) is 43.8 Å². The van der Waals surface area contributed by atoms with Gasteiger partial charge in [0.25, 0.3) is 0 Å². The van der Waals surface area contributed by atoms with Gasteiger partial charge < -0.3 is 14.9 Å². The van der Waals surface area contributed by atoms with Crippen molar-refractivity contribution in [1.82, 2.24) is 0 Å². The Bertz CT molecular complexity index is 320. The number of aliphatic hydroxyl groups is 2. The molecule has 16 heavy (non-hydrogen) atoms. The van der Waals surface area contributed by atoms with Gasteiger partial charge in [0, 0.05) is 12.2 Å². The van der Waals surface area contributed by atoms with E-state index in [4.69, 9.17) is 4.74 Å². The first-order chi connectivity index (χ1) is 7.55. The largest absolute Gasteiger partial charge is 0.490 e. The Balaban J connectivity index is 1.92. The quantitative estimate of drug-likeness (QED) is 0.729. The van der Waals surface area contributed by atoms with Crippen LogP contribution >= 0.6 is 11.8 Å². The lowest BCUT2D eigenvalue weighted by Gasteiger charge is -2.32. The molecule has 90 valence electrons. The summed E-state index contributed by atoms with van der Waals surface area (Å²) in [5.74, 6) is 1.62. The lowest BCUT2D eigenvalue weighted by molar-refractivity contribution is -0.110.